The number of hydrogen-bond donors (Lipinski definition) is 1. The summed E-state index contributed by atoms with van der Waals surface area (Å²) in [7, 11) is 0. The Morgan fingerprint density at radius 3 is 2.63 bits per heavy atom. The van der Waals surface area contributed by atoms with Gasteiger partial charge in [-0.1, -0.05) is 41.0 Å². The Kier molecular flexibility index (Phi) is 6.41. The van der Waals surface area contributed by atoms with E-state index >= 15 is 0 Å². The maximum Gasteiger partial charge on any atom is 0.234 e. The molecular formula is C21H19Cl2N3O3S. The summed E-state index contributed by atoms with van der Waals surface area (Å²) in [5, 5.41) is 4.32. The van der Waals surface area contributed by atoms with Crippen molar-refractivity contribution in [2.24, 2.45) is 0 Å². The van der Waals surface area contributed by atoms with E-state index in [1.54, 1.807) is 24.4 Å². The molecule has 156 valence electrons. The number of aromatic nitrogens is 2. The summed E-state index contributed by atoms with van der Waals surface area (Å²) in [6.45, 7) is 3.84. The van der Waals surface area contributed by atoms with Crippen molar-refractivity contribution < 1.29 is 14.3 Å². The molecule has 2 heterocycles. The number of benzene rings is 2. The monoisotopic (exact) mass is 463 g/mol. The number of rotatable bonds is 6. The number of amides is 1. The van der Waals surface area contributed by atoms with E-state index in [4.69, 9.17) is 32.7 Å². The first kappa shape index (κ1) is 20.9. The molecular weight excluding hydrogens is 445 g/mol. The van der Waals surface area contributed by atoms with Crippen molar-refractivity contribution in [1.82, 2.24) is 9.55 Å². The fourth-order valence-corrected chi connectivity index (χ4v) is 4.47. The summed E-state index contributed by atoms with van der Waals surface area (Å²) in [4.78, 5) is 16.9. The first-order chi connectivity index (χ1) is 14.6. The van der Waals surface area contributed by atoms with Gasteiger partial charge in [-0.05, 0) is 37.3 Å². The van der Waals surface area contributed by atoms with Crippen molar-refractivity contribution in [1.29, 1.82) is 0 Å². The molecule has 0 unspecified atom stereocenters. The molecule has 1 amide bonds. The molecule has 6 nitrogen and oxygen atoms in total. The number of carbonyl (C=O) groups excluding carboxylic acids is 1. The van der Waals surface area contributed by atoms with Crippen LogP contribution in [-0.2, 0) is 11.3 Å². The first-order valence-corrected chi connectivity index (χ1v) is 11.1. The minimum Gasteiger partial charge on any atom is -0.486 e. The van der Waals surface area contributed by atoms with E-state index in [9.17, 15) is 4.79 Å². The Hall–Kier alpha value is -2.35. The van der Waals surface area contributed by atoms with E-state index in [0.717, 1.165) is 27.9 Å². The maximum absolute atomic E-state index is 12.4. The van der Waals surface area contributed by atoms with E-state index in [2.05, 4.69) is 14.9 Å². The second-order valence-electron chi connectivity index (χ2n) is 6.46. The number of nitrogens with zero attached hydrogens (tertiary/aromatic N) is 2. The van der Waals surface area contributed by atoms with E-state index in [1.807, 2.05) is 25.1 Å². The Morgan fingerprint density at radius 2 is 1.90 bits per heavy atom. The third-order valence-corrected chi connectivity index (χ3v) is 6.15. The number of fused-ring (bicyclic) bond motifs is 1. The molecule has 1 aliphatic heterocycles. The minimum absolute atomic E-state index is 0.180. The van der Waals surface area contributed by atoms with Crippen molar-refractivity contribution in [3.63, 3.8) is 0 Å². The van der Waals surface area contributed by atoms with Gasteiger partial charge in [0.15, 0.2) is 16.7 Å². The molecule has 0 aliphatic carbocycles. The third-order valence-electron chi connectivity index (χ3n) is 4.53. The lowest BCUT2D eigenvalue weighted by Crippen LogP contribution is -2.15. The predicted molar refractivity (Wildman–Crippen MR) is 120 cm³/mol. The quantitative estimate of drug-likeness (QED) is 0.497. The normalized spacial score (nSPS) is 12.6. The van der Waals surface area contributed by atoms with E-state index < -0.39 is 0 Å². The summed E-state index contributed by atoms with van der Waals surface area (Å²) < 4.78 is 13.3. The van der Waals surface area contributed by atoms with Crippen LogP contribution >= 0.6 is 35.0 Å². The summed E-state index contributed by atoms with van der Waals surface area (Å²) in [5.74, 6) is 1.45. The molecule has 30 heavy (non-hydrogen) atoms. The number of thioether (sulfide) groups is 1. The summed E-state index contributed by atoms with van der Waals surface area (Å²) in [6.07, 6.45) is 1.81. The number of para-hydroxylation sites is 1. The standard InChI is InChI=1S/C21H19Cl2N3O3S/c1-2-26-16(13-6-7-17-18(10-13)29-9-8-28-17)11-24-21(26)30-12-19(27)25-20-14(22)4-3-5-15(20)23/h3-7,10-11H,2,8-9,12H2,1H3,(H,25,27). The van der Waals surface area contributed by atoms with E-state index in [1.165, 1.54) is 11.8 Å². The Labute approximate surface area is 188 Å². The molecule has 0 spiro atoms. The van der Waals surface area contributed by atoms with Crippen LogP contribution in [0.4, 0.5) is 5.69 Å². The topological polar surface area (TPSA) is 65.4 Å². The number of nitrogens with one attached hydrogen (secondary N) is 1. The highest BCUT2D eigenvalue weighted by Crippen LogP contribution is 2.36. The van der Waals surface area contributed by atoms with Gasteiger partial charge in [-0.15, -0.1) is 0 Å². The van der Waals surface area contributed by atoms with Gasteiger partial charge in [0.25, 0.3) is 0 Å². The predicted octanol–water partition coefficient (Wildman–Crippen LogP) is 5.38. The second-order valence-corrected chi connectivity index (χ2v) is 8.22. The number of anilines is 1. The number of carbonyl (C=O) groups is 1. The average Bonchev–Trinajstić information content (AvgIpc) is 3.17. The lowest BCUT2D eigenvalue weighted by atomic mass is 10.1. The Bertz CT molecular complexity index is 1070. The van der Waals surface area contributed by atoms with Crippen molar-refractivity contribution in [2.45, 2.75) is 18.6 Å². The van der Waals surface area contributed by atoms with Gasteiger partial charge in [0, 0.05) is 12.1 Å². The van der Waals surface area contributed by atoms with Gasteiger partial charge in [-0.2, -0.15) is 0 Å². The van der Waals surface area contributed by atoms with Gasteiger partial charge in [0.2, 0.25) is 5.91 Å². The zero-order valence-corrected chi connectivity index (χ0v) is 18.5. The van der Waals surface area contributed by atoms with Crippen molar-refractivity contribution in [2.75, 3.05) is 24.3 Å². The van der Waals surface area contributed by atoms with Gasteiger partial charge in [-0.25, -0.2) is 4.98 Å². The molecule has 0 fully saturated rings. The molecule has 0 saturated heterocycles. The molecule has 1 aromatic heterocycles. The van der Waals surface area contributed by atoms with Crippen LogP contribution in [-0.4, -0.2) is 34.4 Å². The summed E-state index contributed by atoms with van der Waals surface area (Å²) in [5.41, 5.74) is 2.35. The highest BCUT2D eigenvalue weighted by molar-refractivity contribution is 7.99. The highest BCUT2D eigenvalue weighted by Gasteiger charge is 2.17. The van der Waals surface area contributed by atoms with Crippen LogP contribution in [0.5, 0.6) is 11.5 Å². The number of halogens is 2. The average molecular weight is 464 g/mol. The van der Waals surface area contributed by atoms with E-state index in [-0.39, 0.29) is 11.7 Å². The van der Waals surface area contributed by atoms with Crippen molar-refractivity contribution in [3.8, 4) is 22.8 Å². The first-order valence-electron chi connectivity index (χ1n) is 9.39. The SMILES string of the molecule is CCn1c(-c2ccc3c(c2)OCCO3)cnc1SCC(=O)Nc1c(Cl)cccc1Cl. The van der Waals surface area contributed by atoms with Crippen LogP contribution in [0.2, 0.25) is 10.0 Å². The zero-order valence-electron chi connectivity index (χ0n) is 16.2. The summed E-state index contributed by atoms with van der Waals surface area (Å²) >= 11 is 13.6. The van der Waals surface area contributed by atoms with Crippen LogP contribution < -0.4 is 14.8 Å². The molecule has 0 radical (unpaired) electrons. The largest absolute Gasteiger partial charge is 0.486 e. The molecule has 0 saturated carbocycles. The third kappa shape index (κ3) is 4.38. The van der Waals surface area contributed by atoms with Crippen LogP contribution in [0.1, 0.15) is 6.92 Å². The van der Waals surface area contributed by atoms with Gasteiger partial charge in [0.05, 0.1) is 33.4 Å². The Morgan fingerprint density at radius 1 is 1.17 bits per heavy atom. The van der Waals surface area contributed by atoms with Gasteiger partial charge < -0.3 is 19.4 Å². The van der Waals surface area contributed by atoms with Gasteiger partial charge in [0.1, 0.15) is 13.2 Å². The van der Waals surface area contributed by atoms with Crippen LogP contribution in [0.15, 0.2) is 47.8 Å². The number of imidazole rings is 1. The molecule has 3 aromatic rings. The lowest BCUT2D eigenvalue weighted by molar-refractivity contribution is -0.113. The smallest absolute Gasteiger partial charge is 0.234 e. The Balaban J connectivity index is 1.48. The molecule has 4 rings (SSSR count). The number of hydrogen-bond acceptors (Lipinski definition) is 5. The maximum atomic E-state index is 12.4. The molecule has 2 aromatic carbocycles. The fraction of sp³-hybridized carbons (Fsp3) is 0.238. The molecule has 0 atom stereocenters. The zero-order chi connectivity index (χ0) is 21.1. The lowest BCUT2D eigenvalue weighted by Gasteiger charge is -2.19. The number of ether oxygens (including phenoxy) is 2. The van der Waals surface area contributed by atoms with Gasteiger partial charge in [-0.3, -0.25) is 4.79 Å². The van der Waals surface area contributed by atoms with Crippen LogP contribution in [0.3, 0.4) is 0 Å². The van der Waals surface area contributed by atoms with E-state index in [0.29, 0.717) is 35.5 Å². The van der Waals surface area contributed by atoms with Crippen molar-refractivity contribution >= 4 is 46.6 Å². The molecule has 1 aliphatic rings. The van der Waals surface area contributed by atoms with Crippen LogP contribution in [0, 0.1) is 0 Å². The van der Waals surface area contributed by atoms with Gasteiger partial charge >= 0.3 is 0 Å². The fourth-order valence-electron chi connectivity index (χ4n) is 3.14. The highest BCUT2D eigenvalue weighted by atomic mass is 35.5. The molecule has 0 bridgehead atoms. The molecule has 1 N–H and O–H groups in total. The van der Waals surface area contributed by atoms with Crippen LogP contribution in [0.25, 0.3) is 11.3 Å². The van der Waals surface area contributed by atoms with Crippen molar-refractivity contribution in [3.05, 3.63) is 52.6 Å². The molecule has 9 heteroatoms. The second kappa shape index (κ2) is 9.20. The summed E-state index contributed by atoms with van der Waals surface area (Å²) in [6, 6.07) is 10.9. The minimum atomic E-state index is -0.207.